The van der Waals surface area contributed by atoms with Crippen molar-refractivity contribution in [3.05, 3.63) is 70.8 Å². The van der Waals surface area contributed by atoms with Gasteiger partial charge in [0.05, 0.1) is 19.2 Å². The number of halogens is 4. The molecule has 272 valence electrons. The molecule has 1 aliphatic carbocycles. The summed E-state index contributed by atoms with van der Waals surface area (Å²) in [6, 6.07) is 9.60. The number of alkyl halides is 4. The number of amides is 3. The monoisotopic (exact) mass is 697 g/mol. The number of carbonyl (C=O) groups excluding carboxylic acids is 3. The first kappa shape index (κ1) is 41.0. The van der Waals surface area contributed by atoms with E-state index in [-0.39, 0.29) is 5.56 Å². The van der Waals surface area contributed by atoms with Crippen molar-refractivity contribution in [2.75, 3.05) is 14.2 Å². The number of hydrogen-bond acceptors (Lipinski definition) is 6. The first-order chi connectivity index (χ1) is 22.3. The van der Waals surface area contributed by atoms with Crippen LogP contribution in [0.5, 0.6) is 0 Å². The van der Waals surface area contributed by atoms with Gasteiger partial charge in [0.25, 0.3) is 0 Å². The average Bonchev–Trinajstić information content (AvgIpc) is 3.84. The van der Waals surface area contributed by atoms with Gasteiger partial charge < -0.3 is 15.2 Å². The number of carbonyl (C=O) groups is 4. The Hall–Kier alpha value is -4.20. The molecule has 10 nitrogen and oxygen atoms in total. The highest BCUT2D eigenvalue weighted by Crippen LogP contribution is 2.41. The Kier molecular flexibility index (Phi) is 13.0. The van der Waals surface area contributed by atoms with E-state index < -0.39 is 70.4 Å². The van der Waals surface area contributed by atoms with E-state index in [0.29, 0.717) is 29.0 Å². The van der Waals surface area contributed by atoms with Crippen LogP contribution in [-0.2, 0) is 31.0 Å². The maximum absolute atomic E-state index is 14.4. The molecule has 0 heterocycles. The van der Waals surface area contributed by atoms with Crippen LogP contribution in [0.25, 0.3) is 0 Å². The zero-order valence-corrected chi connectivity index (χ0v) is 29.6. The minimum absolute atomic E-state index is 0.338. The molecule has 1 saturated carbocycles. The number of hydrogen-bond donors (Lipinski definition) is 2. The summed E-state index contributed by atoms with van der Waals surface area (Å²) in [7, 11) is 2.20. The van der Waals surface area contributed by atoms with Gasteiger partial charge in [0.2, 0.25) is 5.78 Å². The van der Waals surface area contributed by atoms with Crippen LogP contribution >= 0.6 is 0 Å². The van der Waals surface area contributed by atoms with Crippen LogP contribution in [0.1, 0.15) is 103 Å². The lowest BCUT2D eigenvalue weighted by Crippen LogP contribution is -2.46. The SMILES string of the molecule is CON(C)C(=O)C(F)(F)c1cccc([C@@H](C)N(C(=O)O)C(C)(C)C)c1.C[C@@H](NC(=O)OC(C)(C)C)c1cccc(C(F)(F)C(=O)C2CC2)c1. The predicted molar refractivity (Wildman–Crippen MR) is 174 cm³/mol. The number of alkyl carbamates (subject to hydrolysis) is 1. The van der Waals surface area contributed by atoms with Gasteiger partial charge in [0.1, 0.15) is 5.60 Å². The molecule has 2 aromatic rings. The van der Waals surface area contributed by atoms with Gasteiger partial charge in [-0.05, 0) is 91.5 Å². The lowest BCUT2D eigenvalue weighted by atomic mass is 9.96. The molecule has 3 rings (SSSR count). The Morgan fingerprint density at radius 2 is 1.35 bits per heavy atom. The van der Waals surface area contributed by atoms with Crippen LogP contribution < -0.4 is 5.32 Å². The summed E-state index contributed by atoms with van der Waals surface area (Å²) < 4.78 is 62.6. The fourth-order valence-corrected chi connectivity index (χ4v) is 4.90. The number of ether oxygens (including phenoxy) is 1. The molecule has 2 atom stereocenters. The van der Waals surface area contributed by atoms with E-state index in [4.69, 9.17) is 4.74 Å². The molecule has 3 amide bonds. The van der Waals surface area contributed by atoms with Crippen LogP contribution in [0.15, 0.2) is 48.5 Å². The molecule has 0 saturated heterocycles. The van der Waals surface area contributed by atoms with Gasteiger partial charge in [-0.25, -0.2) is 14.7 Å². The van der Waals surface area contributed by atoms with Crippen LogP contribution in [0, 0.1) is 5.92 Å². The van der Waals surface area contributed by atoms with Crippen molar-refractivity contribution in [3.8, 4) is 0 Å². The Labute approximate surface area is 284 Å². The summed E-state index contributed by atoms with van der Waals surface area (Å²) in [5.41, 5.74) is -1.38. The zero-order chi connectivity index (χ0) is 37.7. The third kappa shape index (κ3) is 10.9. The van der Waals surface area contributed by atoms with Crippen molar-refractivity contribution in [2.45, 2.75) is 103 Å². The Morgan fingerprint density at radius 3 is 1.80 bits per heavy atom. The molecule has 0 unspecified atom stereocenters. The topological polar surface area (TPSA) is 125 Å². The Bertz CT molecular complexity index is 1500. The highest BCUT2D eigenvalue weighted by Gasteiger charge is 2.48. The van der Waals surface area contributed by atoms with E-state index >= 15 is 0 Å². The first-order valence-electron chi connectivity index (χ1n) is 15.7. The number of ketones is 1. The second-order valence-electron chi connectivity index (χ2n) is 13.9. The van der Waals surface area contributed by atoms with Crippen molar-refractivity contribution in [2.24, 2.45) is 5.92 Å². The quantitative estimate of drug-likeness (QED) is 0.191. The highest BCUT2D eigenvalue weighted by molar-refractivity contribution is 5.90. The minimum Gasteiger partial charge on any atom is -0.465 e. The first-order valence-corrected chi connectivity index (χ1v) is 15.7. The van der Waals surface area contributed by atoms with Crippen molar-refractivity contribution in [1.29, 1.82) is 0 Å². The molecule has 14 heteroatoms. The minimum atomic E-state index is -3.80. The van der Waals surface area contributed by atoms with Gasteiger partial charge in [-0.3, -0.25) is 19.3 Å². The molecular formula is C35H47F4N3O7. The summed E-state index contributed by atoms with van der Waals surface area (Å²) in [6.45, 7) is 13.6. The number of nitrogens with one attached hydrogen (secondary N) is 1. The third-order valence-corrected chi connectivity index (χ3v) is 7.62. The van der Waals surface area contributed by atoms with Crippen molar-refractivity contribution in [3.63, 3.8) is 0 Å². The molecule has 0 spiro atoms. The lowest BCUT2D eigenvalue weighted by molar-refractivity contribution is -0.195. The van der Waals surface area contributed by atoms with Crippen LogP contribution in [0.3, 0.4) is 0 Å². The van der Waals surface area contributed by atoms with E-state index in [2.05, 4.69) is 10.2 Å². The second kappa shape index (κ2) is 15.6. The normalized spacial score (nSPS) is 14.8. The van der Waals surface area contributed by atoms with Gasteiger partial charge in [-0.2, -0.15) is 17.6 Å². The van der Waals surface area contributed by atoms with Crippen LogP contribution in [-0.4, -0.2) is 64.2 Å². The van der Waals surface area contributed by atoms with E-state index in [1.54, 1.807) is 67.5 Å². The lowest BCUT2D eigenvalue weighted by Gasteiger charge is -2.38. The van der Waals surface area contributed by atoms with Crippen LogP contribution in [0.2, 0.25) is 0 Å². The number of benzene rings is 2. The number of hydroxylamine groups is 2. The largest absolute Gasteiger partial charge is 0.465 e. The number of likely N-dealkylation sites (N-methyl/N-ethyl adjacent to an activating group) is 1. The standard InChI is InChI=1S/C18H23F2NO3.C17H24F2N2O4/c1-11(21-16(23)24-17(2,3)4)13-6-5-7-14(10-13)18(19,20)15(22)12-8-9-12;1-11(21(15(23)24)16(2,3)4)12-8-7-9-13(10-12)17(18,19)14(22)20(5)25-6/h5-7,10-12H,8-9H2,1-4H3,(H,21,23);7-11H,1-6H3,(H,23,24)/t2*11-/m11/s1. The summed E-state index contributed by atoms with van der Waals surface area (Å²) in [6.07, 6.45) is -0.719. The van der Waals surface area contributed by atoms with Gasteiger partial charge >= 0.3 is 29.9 Å². The predicted octanol–water partition coefficient (Wildman–Crippen LogP) is 7.98. The van der Waals surface area contributed by atoms with Crippen molar-refractivity contribution >= 4 is 23.9 Å². The average molecular weight is 698 g/mol. The molecule has 49 heavy (non-hydrogen) atoms. The van der Waals surface area contributed by atoms with Gasteiger partial charge in [-0.1, -0.05) is 36.4 Å². The van der Waals surface area contributed by atoms with Crippen LogP contribution in [0.4, 0.5) is 27.2 Å². The maximum Gasteiger partial charge on any atom is 0.408 e. The summed E-state index contributed by atoms with van der Waals surface area (Å²) >= 11 is 0. The van der Waals surface area contributed by atoms with Crippen molar-refractivity contribution < 1.29 is 51.4 Å². The summed E-state index contributed by atoms with van der Waals surface area (Å²) in [4.78, 5) is 52.7. The molecule has 0 radical (unpaired) electrons. The third-order valence-electron chi connectivity index (χ3n) is 7.62. The van der Waals surface area contributed by atoms with E-state index in [0.717, 1.165) is 26.3 Å². The molecule has 2 aromatic carbocycles. The number of Topliss-reactive ketones (excluding diaryl/α,β-unsaturated/α-hetero) is 1. The van der Waals surface area contributed by atoms with Gasteiger partial charge in [-0.15, -0.1) is 0 Å². The maximum atomic E-state index is 14.4. The fourth-order valence-electron chi connectivity index (χ4n) is 4.90. The van der Waals surface area contributed by atoms with E-state index in [1.165, 1.54) is 29.2 Å². The molecule has 2 N–H and O–H groups in total. The summed E-state index contributed by atoms with van der Waals surface area (Å²) in [5, 5.41) is 12.5. The molecular weight excluding hydrogens is 650 g/mol. The van der Waals surface area contributed by atoms with E-state index in [1.807, 2.05) is 0 Å². The molecule has 0 aliphatic heterocycles. The molecule has 0 aromatic heterocycles. The highest BCUT2D eigenvalue weighted by atomic mass is 19.3. The summed E-state index contributed by atoms with van der Waals surface area (Å²) in [5.74, 6) is -10.3. The molecule has 1 fully saturated rings. The second-order valence-corrected chi connectivity index (χ2v) is 13.9. The fraction of sp³-hybridized carbons (Fsp3) is 0.543. The van der Waals surface area contributed by atoms with Gasteiger partial charge in [0, 0.05) is 29.6 Å². The number of rotatable bonds is 10. The number of nitrogens with zero attached hydrogens (tertiary/aromatic N) is 2. The molecule has 0 bridgehead atoms. The number of carboxylic acid groups (broad SMARTS) is 1. The Balaban J connectivity index is 0.000000340. The van der Waals surface area contributed by atoms with Gasteiger partial charge in [0.15, 0.2) is 0 Å². The molecule has 1 aliphatic rings. The van der Waals surface area contributed by atoms with E-state index in [9.17, 15) is 41.8 Å². The zero-order valence-electron chi connectivity index (χ0n) is 29.6. The van der Waals surface area contributed by atoms with Crippen molar-refractivity contribution in [1.82, 2.24) is 15.3 Å². The smallest absolute Gasteiger partial charge is 0.408 e. The Morgan fingerprint density at radius 1 is 0.857 bits per heavy atom.